The fraction of sp³-hybridized carbons (Fsp3) is 0.500. The Hall–Kier alpha value is 0.470. The molecule has 0 spiro atoms. The largest absolute Gasteiger partial charge is 0.0888 e. The van der Waals surface area contributed by atoms with Crippen LogP contribution in [-0.2, 0) is 6.42 Å². The second-order valence-electron chi connectivity index (χ2n) is 4.15. The van der Waals surface area contributed by atoms with Crippen LogP contribution in [0, 0.1) is 5.92 Å². The number of hydrogen-bond acceptors (Lipinski definition) is 0. The Bertz CT molecular complexity index is 351. The third kappa shape index (κ3) is 2.98. The quantitative estimate of drug-likeness (QED) is 0.641. The van der Waals surface area contributed by atoms with E-state index in [1.165, 1.54) is 24.8 Å². The summed E-state index contributed by atoms with van der Waals surface area (Å²) in [4.78, 5) is 0.678. The lowest BCUT2D eigenvalue weighted by atomic mass is 9.98. The summed E-state index contributed by atoms with van der Waals surface area (Å²) in [7, 11) is 0. The van der Waals surface area contributed by atoms with Crippen LogP contribution in [0.1, 0.15) is 24.8 Å². The molecule has 1 aromatic rings. The van der Waals surface area contributed by atoms with Gasteiger partial charge in [0.25, 0.3) is 0 Å². The van der Waals surface area contributed by atoms with Gasteiger partial charge in [-0.3, -0.25) is 0 Å². The standard InChI is InChI=1S/C12H13Br2Cl/c13-10-5-4-9(12(15)7-10)6-8-2-1-3-11(8)14/h4-5,7-8,11H,1-3,6H2. The Kier molecular flexibility index (Phi) is 4.14. The Balaban J connectivity index is 2.10. The minimum absolute atomic E-state index is 0.678. The summed E-state index contributed by atoms with van der Waals surface area (Å²) >= 11 is 13.4. The molecular formula is C12H13Br2Cl. The van der Waals surface area contributed by atoms with E-state index in [0.717, 1.165) is 21.8 Å². The Morgan fingerprint density at radius 2 is 2.13 bits per heavy atom. The van der Waals surface area contributed by atoms with E-state index in [0.29, 0.717) is 4.83 Å². The van der Waals surface area contributed by atoms with Crippen molar-refractivity contribution in [1.29, 1.82) is 0 Å². The van der Waals surface area contributed by atoms with E-state index in [1.54, 1.807) is 0 Å². The predicted molar refractivity (Wildman–Crippen MR) is 72.9 cm³/mol. The van der Waals surface area contributed by atoms with Crippen molar-refractivity contribution in [3.05, 3.63) is 33.3 Å². The van der Waals surface area contributed by atoms with Gasteiger partial charge in [0, 0.05) is 14.3 Å². The fourth-order valence-electron chi connectivity index (χ4n) is 2.19. The van der Waals surface area contributed by atoms with Crippen LogP contribution in [0.25, 0.3) is 0 Å². The molecule has 2 rings (SSSR count). The van der Waals surface area contributed by atoms with Crippen LogP contribution in [0.5, 0.6) is 0 Å². The molecule has 3 heteroatoms. The lowest BCUT2D eigenvalue weighted by Gasteiger charge is -2.14. The topological polar surface area (TPSA) is 0 Å². The van der Waals surface area contributed by atoms with Gasteiger partial charge in [-0.1, -0.05) is 55.9 Å². The monoisotopic (exact) mass is 350 g/mol. The van der Waals surface area contributed by atoms with Crippen molar-refractivity contribution in [3.63, 3.8) is 0 Å². The molecular weight excluding hydrogens is 339 g/mol. The number of rotatable bonds is 2. The summed E-state index contributed by atoms with van der Waals surface area (Å²) < 4.78 is 1.05. The minimum Gasteiger partial charge on any atom is -0.0888 e. The molecule has 1 fully saturated rings. The third-order valence-corrected chi connectivity index (χ3v) is 5.11. The molecule has 82 valence electrons. The molecule has 2 unspecified atom stereocenters. The van der Waals surface area contributed by atoms with Crippen molar-refractivity contribution in [3.8, 4) is 0 Å². The van der Waals surface area contributed by atoms with E-state index < -0.39 is 0 Å². The maximum Gasteiger partial charge on any atom is 0.0449 e. The van der Waals surface area contributed by atoms with Gasteiger partial charge >= 0.3 is 0 Å². The van der Waals surface area contributed by atoms with Gasteiger partial charge in [-0.2, -0.15) is 0 Å². The highest BCUT2D eigenvalue weighted by atomic mass is 79.9. The SMILES string of the molecule is Clc1cc(Br)ccc1CC1CCCC1Br. The van der Waals surface area contributed by atoms with Gasteiger partial charge in [0.15, 0.2) is 0 Å². The first-order valence-electron chi connectivity index (χ1n) is 5.25. The Labute approximate surface area is 113 Å². The average molecular weight is 352 g/mol. The minimum atomic E-state index is 0.678. The highest BCUT2D eigenvalue weighted by Crippen LogP contribution is 2.35. The van der Waals surface area contributed by atoms with Crippen molar-refractivity contribution in [2.24, 2.45) is 5.92 Å². The lowest BCUT2D eigenvalue weighted by Crippen LogP contribution is -2.09. The zero-order valence-electron chi connectivity index (χ0n) is 8.35. The van der Waals surface area contributed by atoms with E-state index in [9.17, 15) is 0 Å². The number of alkyl halides is 1. The maximum absolute atomic E-state index is 6.21. The average Bonchev–Trinajstić information content (AvgIpc) is 2.57. The summed E-state index contributed by atoms with van der Waals surface area (Å²) in [6, 6.07) is 6.18. The van der Waals surface area contributed by atoms with Crippen molar-refractivity contribution >= 4 is 43.5 Å². The molecule has 1 aromatic carbocycles. The molecule has 1 aliphatic carbocycles. The van der Waals surface area contributed by atoms with E-state index in [1.807, 2.05) is 6.07 Å². The first-order chi connectivity index (χ1) is 7.16. The summed E-state index contributed by atoms with van der Waals surface area (Å²) in [5.74, 6) is 0.753. The van der Waals surface area contributed by atoms with Crippen molar-refractivity contribution < 1.29 is 0 Å². The molecule has 0 aromatic heterocycles. The van der Waals surface area contributed by atoms with Gasteiger partial charge in [0.1, 0.15) is 0 Å². The second-order valence-corrected chi connectivity index (χ2v) is 6.65. The summed E-state index contributed by atoms with van der Waals surface area (Å²) in [6.45, 7) is 0. The lowest BCUT2D eigenvalue weighted by molar-refractivity contribution is 0.563. The number of benzene rings is 1. The summed E-state index contributed by atoms with van der Waals surface area (Å²) in [5.41, 5.74) is 1.27. The van der Waals surface area contributed by atoms with Gasteiger partial charge < -0.3 is 0 Å². The number of hydrogen-bond donors (Lipinski definition) is 0. The zero-order chi connectivity index (χ0) is 10.8. The molecule has 0 aliphatic heterocycles. The molecule has 0 bridgehead atoms. The maximum atomic E-state index is 6.21. The zero-order valence-corrected chi connectivity index (χ0v) is 12.3. The second kappa shape index (κ2) is 5.20. The highest BCUT2D eigenvalue weighted by Gasteiger charge is 2.25. The molecule has 2 atom stereocenters. The normalized spacial score (nSPS) is 25.8. The smallest absolute Gasteiger partial charge is 0.0449 e. The van der Waals surface area contributed by atoms with Crippen LogP contribution in [0.15, 0.2) is 22.7 Å². The Morgan fingerprint density at radius 3 is 2.73 bits per heavy atom. The van der Waals surface area contributed by atoms with Gasteiger partial charge in [-0.05, 0) is 42.9 Å². The third-order valence-electron chi connectivity index (χ3n) is 3.06. The molecule has 0 nitrogen and oxygen atoms in total. The van der Waals surface area contributed by atoms with Crippen molar-refractivity contribution in [2.45, 2.75) is 30.5 Å². The van der Waals surface area contributed by atoms with Crippen LogP contribution < -0.4 is 0 Å². The molecule has 15 heavy (non-hydrogen) atoms. The van der Waals surface area contributed by atoms with Crippen LogP contribution in [0.2, 0.25) is 5.02 Å². The van der Waals surface area contributed by atoms with Gasteiger partial charge in [0.2, 0.25) is 0 Å². The first kappa shape index (κ1) is 11.9. The molecule has 0 saturated heterocycles. The van der Waals surface area contributed by atoms with Crippen molar-refractivity contribution in [2.75, 3.05) is 0 Å². The van der Waals surface area contributed by atoms with Gasteiger partial charge in [0.05, 0.1) is 0 Å². The number of halogens is 3. The van der Waals surface area contributed by atoms with Crippen LogP contribution >= 0.6 is 43.5 Å². The van der Waals surface area contributed by atoms with Crippen LogP contribution in [0.4, 0.5) is 0 Å². The molecule has 0 radical (unpaired) electrons. The van der Waals surface area contributed by atoms with E-state index in [-0.39, 0.29) is 0 Å². The highest BCUT2D eigenvalue weighted by molar-refractivity contribution is 9.10. The first-order valence-corrected chi connectivity index (χ1v) is 7.33. The van der Waals surface area contributed by atoms with Crippen molar-refractivity contribution in [1.82, 2.24) is 0 Å². The Morgan fingerprint density at radius 1 is 1.33 bits per heavy atom. The molecule has 0 amide bonds. The molecule has 1 aliphatic rings. The molecule has 0 N–H and O–H groups in total. The van der Waals surface area contributed by atoms with E-state index in [2.05, 4.69) is 44.0 Å². The summed E-state index contributed by atoms with van der Waals surface area (Å²) in [6.07, 6.45) is 5.07. The van der Waals surface area contributed by atoms with Crippen LogP contribution in [-0.4, -0.2) is 4.83 Å². The predicted octanol–water partition coefficient (Wildman–Crippen LogP) is 5.21. The molecule has 0 heterocycles. The molecule has 1 saturated carbocycles. The fourth-order valence-corrected chi connectivity index (χ4v) is 3.72. The van der Waals surface area contributed by atoms with E-state index >= 15 is 0 Å². The van der Waals surface area contributed by atoms with Gasteiger partial charge in [-0.15, -0.1) is 0 Å². The summed E-state index contributed by atoms with van der Waals surface area (Å²) in [5, 5.41) is 0.885. The van der Waals surface area contributed by atoms with Gasteiger partial charge in [-0.25, -0.2) is 0 Å². The van der Waals surface area contributed by atoms with Crippen LogP contribution in [0.3, 0.4) is 0 Å². The van der Waals surface area contributed by atoms with E-state index in [4.69, 9.17) is 11.6 Å².